The molecule has 0 bridgehead atoms. The average molecular weight is 494 g/mol. The van der Waals surface area contributed by atoms with Crippen LogP contribution in [0.1, 0.15) is 22.8 Å². The van der Waals surface area contributed by atoms with E-state index in [1.165, 1.54) is 28.0 Å². The van der Waals surface area contributed by atoms with E-state index in [0.717, 1.165) is 17.7 Å². The number of rotatable bonds is 8. The number of ether oxygens (including phenoxy) is 2. The monoisotopic (exact) mass is 494 g/mol. The molecule has 1 aliphatic heterocycles. The SMILES string of the molecule is CC(C(=O)N(C)Cc1ccccc1)N1C(=O)COc2ccc(C(=O)COc3ccc(F)c(F)c3)cc21. The number of likely N-dealkylation sites (N-methyl/N-ethyl adjacent to an activating group) is 1. The van der Waals surface area contributed by atoms with Crippen molar-refractivity contribution in [1.29, 1.82) is 0 Å². The molecule has 1 atom stereocenters. The van der Waals surface area contributed by atoms with E-state index < -0.39 is 36.0 Å². The largest absolute Gasteiger partial charge is 0.485 e. The van der Waals surface area contributed by atoms with Gasteiger partial charge in [-0.25, -0.2) is 8.78 Å². The summed E-state index contributed by atoms with van der Waals surface area (Å²) in [5, 5.41) is 0. The molecular formula is C27H24F2N2O5. The van der Waals surface area contributed by atoms with E-state index in [1.807, 2.05) is 30.3 Å². The molecule has 4 rings (SSSR count). The van der Waals surface area contributed by atoms with Crippen molar-refractivity contribution < 1.29 is 32.6 Å². The first-order valence-electron chi connectivity index (χ1n) is 11.2. The summed E-state index contributed by atoms with van der Waals surface area (Å²) >= 11 is 0. The number of carbonyl (C=O) groups is 3. The van der Waals surface area contributed by atoms with E-state index in [1.54, 1.807) is 20.0 Å². The van der Waals surface area contributed by atoms with Crippen LogP contribution in [0.25, 0.3) is 0 Å². The molecule has 0 aliphatic carbocycles. The first-order chi connectivity index (χ1) is 17.2. The molecule has 2 amide bonds. The average Bonchev–Trinajstić information content (AvgIpc) is 2.88. The number of Topliss-reactive ketones (excluding diaryl/α,β-unsaturated/α-hetero) is 1. The van der Waals surface area contributed by atoms with E-state index >= 15 is 0 Å². The quantitative estimate of drug-likeness (QED) is 0.443. The topological polar surface area (TPSA) is 76.2 Å². The number of hydrogen-bond acceptors (Lipinski definition) is 5. The normalized spacial score (nSPS) is 13.4. The first-order valence-corrected chi connectivity index (χ1v) is 11.2. The van der Waals surface area contributed by atoms with Crippen LogP contribution in [0.5, 0.6) is 11.5 Å². The van der Waals surface area contributed by atoms with E-state index in [0.29, 0.717) is 18.0 Å². The summed E-state index contributed by atoms with van der Waals surface area (Å²) in [6.07, 6.45) is 0. The molecule has 36 heavy (non-hydrogen) atoms. The van der Waals surface area contributed by atoms with Crippen molar-refractivity contribution in [2.24, 2.45) is 0 Å². The zero-order chi connectivity index (χ0) is 25.8. The molecule has 0 N–H and O–H groups in total. The number of ketones is 1. The van der Waals surface area contributed by atoms with Crippen LogP contribution in [0.4, 0.5) is 14.5 Å². The second kappa shape index (κ2) is 10.6. The van der Waals surface area contributed by atoms with Crippen LogP contribution >= 0.6 is 0 Å². The molecule has 9 heteroatoms. The van der Waals surface area contributed by atoms with Gasteiger partial charge in [-0.1, -0.05) is 30.3 Å². The van der Waals surface area contributed by atoms with Gasteiger partial charge in [0.05, 0.1) is 5.69 Å². The van der Waals surface area contributed by atoms with E-state index in [9.17, 15) is 23.2 Å². The lowest BCUT2D eigenvalue weighted by molar-refractivity contribution is -0.134. The van der Waals surface area contributed by atoms with Gasteiger partial charge in [0.1, 0.15) is 17.5 Å². The Morgan fingerprint density at radius 1 is 1.06 bits per heavy atom. The van der Waals surface area contributed by atoms with E-state index in [2.05, 4.69) is 0 Å². The zero-order valence-electron chi connectivity index (χ0n) is 19.7. The molecule has 3 aromatic carbocycles. The van der Waals surface area contributed by atoms with Crippen molar-refractivity contribution >= 4 is 23.3 Å². The Morgan fingerprint density at radius 2 is 1.81 bits per heavy atom. The third-order valence-electron chi connectivity index (χ3n) is 5.80. The number of amides is 2. The van der Waals surface area contributed by atoms with Crippen LogP contribution in [0.15, 0.2) is 66.7 Å². The van der Waals surface area contributed by atoms with Gasteiger partial charge in [0.25, 0.3) is 5.91 Å². The van der Waals surface area contributed by atoms with Crippen LogP contribution in [0, 0.1) is 11.6 Å². The Hall–Kier alpha value is -4.27. The number of fused-ring (bicyclic) bond motifs is 1. The van der Waals surface area contributed by atoms with Crippen LogP contribution in [-0.4, -0.2) is 48.8 Å². The van der Waals surface area contributed by atoms with Gasteiger partial charge in [0.15, 0.2) is 30.6 Å². The van der Waals surface area contributed by atoms with Crippen LogP contribution in [-0.2, 0) is 16.1 Å². The van der Waals surface area contributed by atoms with Gasteiger partial charge in [-0.3, -0.25) is 19.3 Å². The molecule has 0 saturated heterocycles. The van der Waals surface area contributed by atoms with Gasteiger partial charge < -0.3 is 14.4 Å². The molecule has 1 unspecified atom stereocenters. The summed E-state index contributed by atoms with van der Waals surface area (Å²) in [7, 11) is 1.66. The Morgan fingerprint density at radius 3 is 2.53 bits per heavy atom. The van der Waals surface area contributed by atoms with Crippen molar-refractivity contribution in [3.63, 3.8) is 0 Å². The number of anilines is 1. The van der Waals surface area contributed by atoms with Crippen molar-refractivity contribution in [3.8, 4) is 11.5 Å². The Labute approximate surface area is 206 Å². The third-order valence-corrected chi connectivity index (χ3v) is 5.80. The van der Waals surface area contributed by atoms with Crippen molar-refractivity contribution in [2.45, 2.75) is 19.5 Å². The maximum atomic E-state index is 13.4. The fourth-order valence-corrected chi connectivity index (χ4v) is 3.93. The molecule has 186 valence electrons. The first kappa shape index (κ1) is 24.8. The summed E-state index contributed by atoms with van der Waals surface area (Å²) in [4.78, 5) is 41.6. The maximum Gasteiger partial charge on any atom is 0.265 e. The summed E-state index contributed by atoms with van der Waals surface area (Å²) in [5.41, 5.74) is 1.44. The van der Waals surface area contributed by atoms with Gasteiger partial charge in [-0.05, 0) is 42.8 Å². The Bertz CT molecular complexity index is 1300. The number of halogens is 2. The highest BCUT2D eigenvalue weighted by Crippen LogP contribution is 2.35. The number of benzene rings is 3. The zero-order valence-corrected chi connectivity index (χ0v) is 19.7. The molecule has 0 fully saturated rings. The highest BCUT2D eigenvalue weighted by molar-refractivity contribution is 6.05. The molecule has 7 nitrogen and oxygen atoms in total. The minimum atomic E-state index is -1.09. The lowest BCUT2D eigenvalue weighted by Gasteiger charge is -2.35. The van der Waals surface area contributed by atoms with Crippen molar-refractivity contribution in [1.82, 2.24) is 4.90 Å². The second-order valence-electron chi connectivity index (χ2n) is 8.38. The molecule has 0 spiro atoms. The summed E-state index contributed by atoms with van der Waals surface area (Å²) < 4.78 is 37.3. The van der Waals surface area contributed by atoms with Gasteiger partial charge in [-0.2, -0.15) is 0 Å². The summed E-state index contributed by atoms with van der Waals surface area (Å²) in [5.74, 6) is -2.90. The van der Waals surface area contributed by atoms with Gasteiger partial charge in [0.2, 0.25) is 5.91 Å². The van der Waals surface area contributed by atoms with Gasteiger partial charge in [-0.15, -0.1) is 0 Å². The molecule has 3 aromatic rings. The predicted molar refractivity (Wildman–Crippen MR) is 128 cm³/mol. The van der Waals surface area contributed by atoms with Crippen LogP contribution < -0.4 is 14.4 Å². The molecule has 0 radical (unpaired) electrons. The number of nitrogens with zero attached hydrogens (tertiary/aromatic N) is 2. The molecular weight excluding hydrogens is 470 g/mol. The van der Waals surface area contributed by atoms with Gasteiger partial charge in [0, 0.05) is 25.2 Å². The van der Waals surface area contributed by atoms with E-state index in [4.69, 9.17) is 9.47 Å². The standard InChI is InChI=1S/C27H24F2N2O5/c1-17(27(34)30(2)14-18-6-4-3-5-7-18)31-23-12-19(8-11-25(23)36-16-26(31)33)24(32)15-35-20-9-10-21(28)22(29)13-20/h3-13,17H,14-16H2,1-2H3. The lowest BCUT2D eigenvalue weighted by atomic mass is 10.1. The third kappa shape index (κ3) is 5.35. The highest BCUT2D eigenvalue weighted by Gasteiger charge is 2.35. The predicted octanol–water partition coefficient (Wildman–Crippen LogP) is 4.00. The fraction of sp³-hybridized carbons (Fsp3) is 0.222. The van der Waals surface area contributed by atoms with Crippen LogP contribution in [0.3, 0.4) is 0 Å². The van der Waals surface area contributed by atoms with E-state index in [-0.39, 0.29) is 23.8 Å². The van der Waals surface area contributed by atoms with Crippen molar-refractivity contribution in [3.05, 3.63) is 89.5 Å². The molecule has 1 aliphatic rings. The molecule has 1 heterocycles. The fourth-order valence-electron chi connectivity index (χ4n) is 3.93. The minimum Gasteiger partial charge on any atom is -0.485 e. The van der Waals surface area contributed by atoms with Crippen molar-refractivity contribution in [2.75, 3.05) is 25.2 Å². The maximum absolute atomic E-state index is 13.4. The van der Waals surface area contributed by atoms with Crippen LogP contribution in [0.2, 0.25) is 0 Å². The van der Waals surface area contributed by atoms with Gasteiger partial charge >= 0.3 is 0 Å². The Balaban J connectivity index is 1.51. The Kier molecular flexibility index (Phi) is 7.28. The number of carbonyl (C=O) groups excluding carboxylic acids is 3. The second-order valence-corrected chi connectivity index (χ2v) is 8.38. The number of hydrogen-bond donors (Lipinski definition) is 0. The lowest BCUT2D eigenvalue weighted by Crippen LogP contribution is -2.51. The summed E-state index contributed by atoms with van der Waals surface area (Å²) in [6, 6.07) is 16.1. The summed E-state index contributed by atoms with van der Waals surface area (Å²) in [6.45, 7) is 1.32. The minimum absolute atomic E-state index is 0.000944. The molecule has 0 saturated carbocycles. The smallest absolute Gasteiger partial charge is 0.265 e. The highest BCUT2D eigenvalue weighted by atomic mass is 19.2. The molecule has 0 aromatic heterocycles.